The van der Waals surface area contributed by atoms with Crippen LogP contribution in [-0.4, -0.2) is 25.0 Å². The molecule has 0 saturated carbocycles. The van der Waals surface area contributed by atoms with E-state index in [4.69, 9.17) is 0 Å². The number of hydrogen-bond donors (Lipinski definition) is 2. The second-order valence-corrected chi connectivity index (χ2v) is 5.21. The van der Waals surface area contributed by atoms with Crippen molar-refractivity contribution in [3.63, 3.8) is 0 Å². The number of rotatable bonds is 3. The lowest BCUT2D eigenvalue weighted by molar-refractivity contribution is -0.140. The topological polar surface area (TPSA) is 41.1 Å². The van der Waals surface area contributed by atoms with Crippen LogP contribution in [0, 0.1) is 11.7 Å². The molecular formula is C14H16F4N2O. The monoisotopic (exact) mass is 304 g/mol. The van der Waals surface area contributed by atoms with Crippen molar-refractivity contribution in [3.05, 3.63) is 35.1 Å². The molecule has 0 bridgehead atoms. The van der Waals surface area contributed by atoms with Crippen molar-refractivity contribution in [1.82, 2.24) is 10.6 Å². The molecule has 7 heteroatoms. The van der Waals surface area contributed by atoms with E-state index >= 15 is 0 Å². The molecule has 116 valence electrons. The summed E-state index contributed by atoms with van der Waals surface area (Å²) in [6, 6.07) is 2.11. The first-order valence-electron chi connectivity index (χ1n) is 6.67. The highest BCUT2D eigenvalue weighted by Gasteiger charge is 2.35. The maximum Gasteiger partial charge on any atom is 0.419 e. The summed E-state index contributed by atoms with van der Waals surface area (Å²) in [6.45, 7) is 3.43. The van der Waals surface area contributed by atoms with Gasteiger partial charge in [-0.25, -0.2) is 4.39 Å². The largest absolute Gasteiger partial charge is 0.419 e. The van der Waals surface area contributed by atoms with Crippen molar-refractivity contribution in [3.8, 4) is 0 Å². The van der Waals surface area contributed by atoms with Crippen molar-refractivity contribution in [1.29, 1.82) is 0 Å². The molecule has 2 atom stereocenters. The van der Waals surface area contributed by atoms with Gasteiger partial charge in [0.25, 0.3) is 5.91 Å². The van der Waals surface area contributed by atoms with Crippen LogP contribution in [0.25, 0.3) is 0 Å². The van der Waals surface area contributed by atoms with E-state index in [1.807, 2.05) is 6.92 Å². The molecule has 1 aromatic rings. The zero-order valence-electron chi connectivity index (χ0n) is 11.4. The first kappa shape index (κ1) is 15.8. The van der Waals surface area contributed by atoms with E-state index in [1.165, 1.54) is 0 Å². The quantitative estimate of drug-likeness (QED) is 0.843. The summed E-state index contributed by atoms with van der Waals surface area (Å²) in [5, 5.41) is 5.82. The molecule has 1 aliphatic rings. The van der Waals surface area contributed by atoms with Crippen LogP contribution >= 0.6 is 0 Å². The molecule has 1 saturated heterocycles. The van der Waals surface area contributed by atoms with E-state index < -0.39 is 23.5 Å². The fourth-order valence-corrected chi connectivity index (χ4v) is 2.40. The van der Waals surface area contributed by atoms with E-state index in [2.05, 4.69) is 10.6 Å². The Morgan fingerprint density at radius 2 is 2.14 bits per heavy atom. The zero-order valence-corrected chi connectivity index (χ0v) is 11.4. The minimum absolute atomic E-state index is 0.160. The number of alkyl halides is 3. The van der Waals surface area contributed by atoms with E-state index in [1.54, 1.807) is 0 Å². The van der Waals surface area contributed by atoms with Crippen molar-refractivity contribution in [2.24, 2.45) is 5.92 Å². The van der Waals surface area contributed by atoms with Crippen LogP contribution in [0.4, 0.5) is 17.6 Å². The molecule has 1 aromatic carbocycles. The van der Waals surface area contributed by atoms with Crippen LogP contribution in [0.15, 0.2) is 18.2 Å². The fourth-order valence-electron chi connectivity index (χ4n) is 2.40. The Kier molecular flexibility index (Phi) is 4.51. The predicted molar refractivity (Wildman–Crippen MR) is 69.3 cm³/mol. The van der Waals surface area contributed by atoms with E-state index in [-0.39, 0.29) is 17.5 Å². The Morgan fingerprint density at radius 3 is 2.71 bits per heavy atom. The van der Waals surface area contributed by atoms with Gasteiger partial charge >= 0.3 is 6.18 Å². The highest BCUT2D eigenvalue weighted by atomic mass is 19.4. The van der Waals surface area contributed by atoms with Gasteiger partial charge in [-0.2, -0.15) is 13.2 Å². The Hall–Kier alpha value is -1.63. The van der Waals surface area contributed by atoms with Gasteiger partial charge in [-0.3, -0.25) is 4.79 Å². The number of halogens is 4. The van der Waals surface area contributed by atoms with E-state index in [0.29, 0.717) is 12.1 Å². The molecule has 1 amide bonds. The van der Waals surface area contributed by atoms with E-state index in [0.717, 1.165) is 25.6 Å². The SMILES string of the molecule is CC(NC(=O)c1ccc(F)c(C(F)(F)F)c1)C1CCNC1. The summed E-state index contributed by atoms with van der Waals surface area (Å²) in [5.74, 6) is -1.76. The maximum atomic E-state index is 13.2. The number of benzene rings is 1. The van der Waals surface area contributed by atoms with Crippen molar-refractivity contribution in [2.45, 2.75) is 25.6 Å². The standard InChI is InChI=1S/C14H16F4N2O/c1-8(10-4-5-19-7-10)20-13(21)9-2-3-12(15)11(6-9)14(16,17)18/h2-3,6,8,10,19H,4-5,7H2,1H3,(H,20,21). The Labute approximate surface area is 119 Å². The highest BCUT2D eigenvalue weighted by molar-refractivity contribution is 5.94. The van der Waals surface area contributed by atoms with Gasteiger partial charge in [-0.15, -0.1) is 0 Å². The number of carbonyl (C=O) groups is 1. The molecule has 21 heavy (non-hydrogen) atoms. The van der Waals surface area contributed by atoms with Gasteiger partial charge in [0.1, 0.15) is 5.82 Å². The van der Waals surface area contributed by atoms with Crippen LogP contribution in [0.1, 0.15) is 29.3 Å². The lowest BCUT2D eigenvalue weighted by Gasteiger charge is -2.20. The number of hydrogen-bond acceptors (Lipinski definition) is 2. The third-order valence-electron chi connectivity index (χ3n) is 3.70. The molecule has 1 fully saturated rings. The van der Waals surface area contributed by atoms with Crippen LogP contribution < -0.4 is 10.6 Å². The molecule has 1 heterocycles. The third kappa shape index (κ3) is 3.72. The maximum absolute atomic E-state index is 13.2. The zero-order chi connectivity index (χ0) is 15.6. The average Bonchev–Trinajstić information content (AvgIpc) is 2.91. The molecule has 0 radical (unpaired) electrons. The van der Waals surface area contributed by atoms with Crippen molar-refractivity contribution in [2.75, 3.05) is 13.1 Å². The minimum atomic E-state index is -4.82. The van der Waals surface area contributed by atoms with Gasteiger partial charge in [0.05, 0.1) is 5.56 Å². The molecule has 2 rings (SSSR count). The van der Waals surface area contributed by atoms with Crippen molar-refractivity contribution < 1.29 is 22.4 Å². The van der Waals surface area contributed by atoms with Gasteiger partial charge in [-0.05, 0) is 50.6 Å². The summed E-state index contributed by atoms with van der Waals surface area (Å²) in [6.07, 6.45) is -3.92. The Balaban J connectivity index is 2.12. The summed E-state index contributed by atoms with van der Waals surface area (Å²) < 4.78 is 51.0. The molecule has 0 aromatic heterocycles. The predicted octanol–water partition coefficient (Wildman–Crippen LogP) is 2.57. The average molecular weight is 304 g/mol. The fraction of sp³-hybridized carbons (Fsp3) is 0.500. The minimum Gasteiger partial charge on any atom is -0.349 e. The molecule has 3 nitrogen and oxygen atoms in total. The second kappa shape index (κ2) is 6.01. The van der Waals surface area contributed by atoms with Gasteiger partial charge in [0, 0.05) is 11.6 Å². The number of nitrogens with one attached hydrogen (secondary N) is 2. The van der Waals surface area contributed by atoms with E-state index in [9.17, 15) is 22.4 Å². The first-order valence-corrected chi connectivity index (χ1v) is 6.67. The lowest BCUT2D eigenvalue weighted by atomic mass is 10.00. The van der Waals surface area contributed by atoms with Crippen molar-refractivity contribution >= 4 is 5.91 Å². The summed E-state index contributed by atoms with van der Waals surface area (Å²) >= 11 is 0. The summed E-state index contributed by atoms with van der Waals surface area (Å²) in [4.78, 5) is 12.0. The molecule has 0 spiro atoms. The van der Waals surface area contributed by atoms with Crippen LogP contribution in [-0.2, 0) is 6.18 Å². The molecular weight excluding hydrogens is 288 g/mol. The second-order valence-electron chi connectivity index (χ2n) is 5.21. The lowest BCUT2D eigenvalue weighted by Crippen LogP contribution is -2.39. The summed E-state index contributed by atoms with van der Waals surface area (Å²) in [7, 11) is 0. The van der Waals surface area contributed by atoms with Gasteiger partial charge in [0.2, 0.25) is 0 Å². The van der Waals surface area contributed by atoms with Gasteiger partial charge in [0.15, 0.2) is 0 Å². The third-order valence-corrected chi connectivity index (χ3v) is 3.70. The van der Waals surface area contributed by atoms with Gasteiger partial charge in [-0.1, -0.05) is 0 Å². The molecule has 2 N–H and O–H groups in total. The number of amides is 1. The first-order chi connectivity index (χ1) is 9.79. The normalized spacial score (nSPS) is 20.3. The molecule has 0 aliphatic carbocycles. The van der Waals surface area contributed by atoms with Gasteiger partial charge < -0.3 is 10.6 Å². The smallest absolute Gasteiger partial charge is 0.349 e. The summed E-state index contributed by atoms with van der Waals surface area (Å²) in [5.41, 5.74) is -1.62. The van der Waals surface area contributed by atoms with Crippen LogP contribution in [0.3, 0.4) is 0 Å². The number of carbonyl (C=O) groups excluding carboxylic acids is 1. The molecule has 2 unspecified atom stereocenters. The Bertz CT molecular complexity index is 524. The highest BCUT2D eigenvalue weighted by Crippen LogP contribution is 2.31. The van der Waals surface area contributed by atoms with Crippen LogP contribution in [0.2, 0.25) is 0 Å². The Morgan fingerprint density at radius 1 is 1.43 bits per heavy atom. The molecule has 1 aliphatic heterocycles. The van der Waals surface area contributed by atoms with Crippen LogP contribution in [0.5, 0.6) is 0 Å².